The van der Waals surface area contributed by atoms with E-state index in [0.717, 1.165) is 12.0 Å². The second-order valence-electron chi connectivity index (χ2n) is 7.56. The van der Waals surface area contributed by atoms with Gasteiger partial charge in [0.25, 0.3) is 5.91 Å². The first-order chi connectivity index (χ1) is 17.5. The summed E-state index contributed by atoms with van der Waals surface area (Å²) in [4.78, 5) is 12.6. The fourth-order valence-electron chi connectivity index (χ4n) is 3.20. The highest BCUT2D eigenvalue weighted by molar-refractivity contribution is 6.32. The van der Waals surface area contributed by atoms with Crippen molar-refractivity contribution in [3.63, 3.8) is 0 Å². The van der Waals surface area contributed by atoms with Crippen molar-refractivity contribution in [2.24, 2.45) is 5.10 Å². The number of hydrogen-bond donors (Lipinski definition) is 1. The molecule has 0 saturated carbocycles. The molecule has 7 nitrogen and oxygen atoms in total. The molecular formula is C27H28Cl2N2O5. The predicted octanol–water partition coefficient (Wildman–Crippen LogP) is 6.53. The van der Waals surface area contributed by atoms with Crippen LogP contribution in [0.5, 0.6) is 23.0 Å². The molecular weight excluding hydrogens is 503 g/mol. The van der Waals surface area contributed by atoms with Crippen molar-refractivity contribution in [1.82, 2.24) is 5.43 Å². The molecule has 0 atom stereocenters. The van der Waals surface area contributed by atoms with Gasteiger partial charge in [-0.3, -0.25) is 4.79 Å². The second kappa shape index (κ2) is 13.6. The number of nitrogens with zero attached hydrogens (tertiary/aromatic N) is 1. The van der Waals surface area contributed by atoms with E-state index >= 15 is 0 Å². The van der Waals surface area contributed by atoms with Crippen molar-refractivity contribution < 1.29 is 23.7 Å². The topological polar surface area (TPSA) is 78.4 Å². The lowest BCUT2D eigenvalue weighted by Gasteiger charge is -2.14. The number of benzene rings is 3. The fraction of sp³-hybridized carbons (Fsp3) is 0.259. The Morgan fingerprint density at radius 3 is 2.47 bits per heavy atom. The highest BCUT2D eigenvalue weighted by Gasteiger charge is 2.14. The first-order valence-corrected chi connectivity index (χ1v) is 12.2. The van der Waals surface area contributed by atoms with Crippen LogP contribution >= 0.6 is 23.2 Å². The third kappa shape index (κ3) is 7.29. The molecule has 9 heteroatoms. The summed E-state index contributed by atoms with van der Waals surface area (Å²) in [5, 5.41) is 4.98. The normalized spacial score (nSPS) is 10.8. The lowest BCUT2D eigenvalue weighted by molar-refractivity contribution is 0.0954. The average molecular weight is 531 g/mol. The van der Waals surface area contributed by atoms with Gasteiger partial charge in [0.05, 0.1) is 31.6 Å². The van der Waals surface area contributed by atoms with Crippen LogP contribution in [0.25, 0.3) is 0 Å². The van der Waals surface area contributed by atoms with Crippen molar-refractivity contribution >= 4 is 35.3 Å². The fourth-order valence-corrected chi connectivity index (χ4v) is 3.66. The van der Waals surface area contributed by atoms with Gasteiger partial charge in [-0.1, -0.05) is 48.3 Å². The van der Waals surface area contributed by atoms with Gasteiger partial charge in [0.2, 0.25) is 0 Å². The Balaban J connectivity index is 1.69. The summed E-state index contributed by atoms with van der Waals surface area (Å²) in [6.45, 7) is 5.13. The highest BCUT2D eigenvalue weighted by Crippen LogP contribution is 2.37. The minimum Gasteiger partial charge on any atom is -0.493 e. The summed E-state index contributed by atoms with van der Waals surface area (Å²) in [6.07, 6.45) is 2.33. The van der Waals surface area contributed by atoms with E-state index in [1.54, 1.807) is 36.4 Å². The molecule has 0 bridgehead atoms. The molecule has 1 N–H and O–H groups in total. The Morgan fingerprint density at radius 2 is 1.75 bits per heavy atom. The van der Waals surface area contributed by atoms with Crippen LogP contribution in [0.1, 0.15) is 41.8 Å². The number of carbonyl (C=O) groups excluding carboxylic acids is 1. The first-order valence-electron chi connectivity index (χ1n) is 11.4. The van der Waals surface area contributed by atoms with Gasteiger partial charge in [-0.2, -0.15) is 5.10 Å². The van der Waals surface area contributed by atoms with Gasteiger partial charge in [-0.15, -0.1) is 0 Å². The standard InChI is InChI=1S/C27H28Cl2N2O5/c1-4-12-35-23-11-10-19(15-24(23)34-5-2)27(32)31-30-16-18-13-22(29)26(25(14-18)33-3)36-17-20-8-6-7-9-21(20)28/h6-11,13-16H,4-5,12,17H2,1-3H3,(H,31,32)/b30-16+. The summed E-state index contributed by atoms with van der Waals surface area (Å²) in [6, 6.07) is 15.8. The van der Waals surface area contributed by atoms with Crippen LogP contribution in [-0.2, 0) is 6.61 Å². The third-order valence-corrected chi connectivity index (χ3v) is 5.58. The third-order valence-electron chi connectivity index (χ3n) is 4.93. The summed E-state index contributed by atoms with van der Waals surface area (Å²) in [5.41, 5.74) is 4.33. The summed E-state index contributed by atoms with van der Waals surface area (Å²) in [7, 11) is 1.51. The number of carbonyl (C=O) groups is 1. The minimum absolute atomic E-state index is 0.227. The Kier molecular flexibility index (Phi) is 10.3. The van der Waals surface area contributed by atoms with Crippen LogP contribution in [0.3, 0.4) is 0 Å². The maximum atomic E-state index is 12.6. The molecule has 0 heterocycles. The smallest absolute Gasteiger partial charge is 0.271 e. The monoisotopic (exact) mass is 530 g/mol. The molecule has 0 aromatic heterocycles. The predicted molar refractivity (Wildman–Crippen MR) is 142 cm³/mol. The zero-order valence-electron chi connectivity index (χ0n) is 20.3. The largest absolute Gasteiger partial charge is 0.493 e. The molecule has 3 aromatic carbocycles. The molecule has 0 radical (unpaired) electrons. The van der Waals surface area contributed by atoms with E-state index in [1.165, 1.54) is 13.3 Å². The Labute approximate surface area is 220 Å². The zero-order chi connectivity index (χ0) is 25.9. The van der Waals surface area contributed by atoms with Gasteiger partial charge in [-0.05, 0) is 55.3 Å². The molecule has 3 aromatic rings. The Hall–Kier alpha value is -3.42. The first kappa shape index (κ1) is 27.2. The lowest BCUT2D eigenvalue weighted by Crippen LogP contribution is -2.17. The van der Waals surface area contributed by atoms with Gasteiger partial charge in [0, 0.05) is 16.1 Å². The van der Waals surface area contributed by atoms with Crippen LogP contribution in [-0.4, -0.2) is 32.4 Å². The number of amides is 1. The van der Waals surface area contributed by atoms with Crippen molar-refractivity contribution in [3.05, 3.63) is 81.3 Å². The molecule has 1 amide bonds. The van der Waals surface area contributed by atoms with E-state index in [0.29, 0.717) is 57.4 Å². The number of methoxy groups -OCH3 is 1. The van der Waals surface area contributed by atoms with Crippen LogP contribution in [0, 0.1) is 0 Å². The number of ether oxygens (including phenoxy) is 4. The van der Waals surface area contributed by atoms with Gasteiger partial charge in [0.15, 0.2) is 23.0 Å². The van der Waals surface area contributed by atoms with E-state index in [-0.39, 0.29) is 6.61 Å². The van der Waals surface area contributed by atoms with Crippen molar-refractivity contribution in [1.29, 1.82) is 0 Å². The quantitative estimate of drug-likeness (QED) is 0.212. The van der Waals surface area contributed by atoms with Crippen LogP contribution in [0.15, 0.2) is 59.7 Å². The lowest BCUT2D eigenvalue weighted by atomic mass is 10.2. The van der Waals surface area contributed by atoms with Gasteiger partial charge in [-0.25, -0.2) is 5.43 Å². The van der Waals surface area contributed by atoms with Crippen LogP contribution in [0.2, 0.25) is 10.0 Å². The zero-order valence-corrected chi connectivity index (χ0v) is 21.9. The maximum Gasteiger partial charge on any atom is 0.271 e. The van der Waals surface area contributed by atoms with E-state index in [2.05, 4.69) is 10.5 Å². The van der Waals surface area contributed by atoms with Crippen molar-refractivity contribution in [2.75, 3.05) is 20.3 Å². The van der Waals surface area contributed by atoms with Crippen LogP contribution < -0.4 is 24.4 Å². The molecule has 0 aliphatic heterocycles. The van der Waals surface area contributed by atoms with Gasteiger partial charge >= 0.3 is 0 Å². The minimum atomic E-state index is -0.396. The SMILES string of the molecule is CCCOc1ccc(C(=O)N/N=C/c2cc(Cl)c(OCc3ccccc3Cl)c(OC)c2)cc1OCC. The molecule has 0 spiro atoms. The molecule has 36 heavy (non-hydrogen) atoms. The Morgan fingerprint density at radius 1 is 0.944 bits per heavy atom. The Bertz CT molecular complexity index is 1220. The molecule has 0 unspecified atom stereocenters. The molecule has 0 aliphatic carbocycles. The molecule has 3 rings (SSSR count). The molecule has 0 fully saturated rings. The average Bonchev–Trinajstić information content (AvgIpc) is 2.88. The number of rotatable bonds is 12. The van der Waals surface area contributed by atoms with Gasteiger partial charge in [0.1, 0.15) is 6.61 Å². The van der Waals surface area contributed by atoms with E-state index < -0.39 is 5.91 Å². The maximum absolute atomic E-state index is 12.6. The summed E-state index contributed by atoms with van der Waals surface area (Å²) < 4.78 is 22.6. The number of hydrazone groups is 1. The molecule has 0 saturated heterocycles. The number of hydrogen-bond acceptors (Lipinski definition) is 6. The molecule has 190 valence electrons. The van der Waals surface area contributed by atoms with E-state index in [4.69, 9.17) is 42.1 Å². The highest BCUT2D eigenvalue weighted by atomic mass is 35.5. The van der Waals surface area contributed by atoms with Crippen molar-refractivity contribution in [2.45, 2.75) is 26.9 Å². The molecule has 0 aliphatic rings. The summed E-state index contributed by atoms with van der Waals surface area (Å²) in [5.74, 6) is 1.51. The number of nitrogens with one attached hydrogen (secondary N) is 1. The van der Waals surface area contributed by atoms with Gasteiger partial charge < -0.3 is 18.9 Å². The van der Waals surface area contributed by atoms with Crippen LogP contribution in [0.4, 0.5) is 0 Å². The van der Waals surface area contributed by atoms with Crippen molar-refractivity contribution in [3.8, 4) is 23.0 Å². The van der Waals surface area contributed by atoms with E-state index in [9.17, 15) is 4.79 Å². The summed E-state index contributed by atoms with van der Waals surface area (Å²) >= 11 is 12.6. The second-order valence-corrected chi connectivity index (χ2v) is 8.37. The van der Waals surface area contributed by atoms with E-state index in [1.807, 2.05) is 32.0 Å². The number of halogens is 2.